The molecule has 6 nitrogen and oxygen atoms in total. The molecule has 0 aliphatic carbocycles. The highest BCUT2D eigenvalue weighted by Crippen LogP contribution is 2.19. The molecule has 4 atom stereocenters. The average Bonchev–Trinajstić information content (AvgIpc) is 2.17. The van der Waals surface area contributed by atoms with Crippen molar-refractivity contribution in [1.82, 2.24) is 0 Å². The van der Waals surface area contributed by atoms with Gasteiger partial charge in [-0.15, -0.1) is 0 Å². The number of carbonyl (C=O) groups is 1. The Balaban J connectivity index is 2.67. The lowest BCUT2D eigenvalue weighted by atomic mass is 10.1. The maximum Gasteiger partial charge on any atom is 0.335 e. The second kappa shape index (κ2) is 2.74. The van der Waals surface area contributed by atoms with Gasteiger partial charge in [-0.3, -0.25) is 0 Å². The third-order valence-electron chi connectivity index (χ3n) is 1.48. The van der Waals surface area contributed by atoms with Gasteiger partial charge in [0.15, 0.2) is 12.4 Å². The highest BCUT2D eigenvalue weighted by Gasteiger charge is 2.45. The maximum atomic E-state index is 10.2. The molecule has 1 aliphatic rings. The maximum absolute atomic E-state index is 10.2. The zero-order valence-corrected chi connectivity index (χ0v) is 5.41. The first-order valence-corrected chi connectivity index (χ1v) is 2.96. The molecule has 11 heavy (non-hydrogen) atoms. The first-order valence-electron chi connectivity index (χ1n) is 2.96. The summed E-state index contributed by atoms with van der Waals surface area (Å²) in [5, 5.41) is 34.7. The molecule has 0 aromatic carbocycles. The molecule has 1 aliphatic heterocycles. The Hall–Kier alpha value is -0.690. The van der Waals surface area contributed by atoms with Crippen molar-refractivity contribution < 1.29 is 30.0 Å². The first-order chi connectivity index (χ1) is 5.04. The number of carboxylic acid groups (broad SMARTS) is 1. The monoisotopic (exact) mass is 164 g/mol. The van der Waals surface area contributed by atoms with Crippen molar-refractivity contribution in [2.45, 2.75) is 24.6 Å². The van der Waals surface area contributed by atoms with E-state index in [1.165, 1.54) is 0 Å². The number of hydrogen-bond donors (Lipinski definition) is 4. The number of ether oxygens (including phenoxy) is 1. The Kier molecular flexibility index (Phi) is 2.10. The minimum absolute atomic E-state index is 1.41. The molecule has 64 valence electrons. The largest absolute Gasteiger partial charge is 0.479 e. The van der Waals surface area contributed by atoms with Gasteiger partial charge in [0.1, 0.15) is 12.2 Å². The van der Waals surface area contributed by atoms with E-state index < -0.39 is 30.6 Å². The molecule has 1 fully saturated rings. The van der Waals surface area contributed by atoms with Crippen molar-refractivity contribution in [2.75, 3.05) is 0 Å². The quantitative estimate of drug-likeness (QED) is 0.341. The molecular weight excluding hydrogens is 156 g/mol. The lowest BCUT2D eigenvalue weighted by molar-refractivity contribution is -0.165. The van der Waals surface area contributed by atoms with Crippen LogP contribution in [-0.2, 0) is 9.53 Å². The lowest BCUT2D eigenvalue weighted by Crippen LogP contribution is -2.36. The van der Waals surface area contributed by atoms with Crippen molar-refractivity contribution in [3.63, 3.8) is 0 Å². The van der Waals surface area contributed by atoms with E-state index in [2.05, 4.69) is 4.74 Å². The van der Waals surface area contributed by atoms with Crippen LogP contribution < -0.4 is 0 Å². The Labute approximate surface area is 61.6 Å². The van der Waals surface area contributed by atoms with Gasteiger partial charge in [0.2, 0.25) is 0 Å². The van der Waals surface area contributed by atoms with Crippen LogP contribution in [0.1, 0.15) is 0 Å². The SMILES string of the molecule is O=C(O)C1OC(O)[C@H](O)[C@H]1O. The molecule has 0 saturated carbocycles. The van der Waals surface area contributed by atoms with E-state index >= 15 is 0 Å². The van der Waals surface area contributed by atoms with Crippen LogP contribution in [0.2, 0.25) is 0 Å². The molecule has 0 radical (unpaired) electrons. The van der Waals surface area contributed by atoms with Gasteiger partial charge in [-0.05, 0) is 0 Å². The smallest absolute Gasteiger partial charge is 0.335 e. The summed E-state index contributed by atoms with van der Waals surface area (Å²) < 4.78 is 4.30. The summed E-state index contributed by atoms with van der Waals surface area (Å²) in [5.74, 6) is -1.41. The summed E-state index contributed by atoms with van der Waals surface area (Å²) >= 11 is 0. The fourth-order valence-corrected chi connectivity index (χ4v) is 0.863. The summed E-state index contributed by atoms with van der Waals surface area (Å²) in [6, 6.07) is 0. The van der Waals surface area contributed by atoms with Crippen LogP contribution in [0.4, 0.5) is 0 Å². The van der Waals surface area contributed by atoms with Crippen molar-refractivity contribution in [1.29, 1.82) is 0 Å². The fourth-order valence-electron chi connectivity index (χ4n) is 0.863. The van der Waals surface area contributed by atoms with E-state index in [1.54, 1.807) is 0 Å². The van der Waals surface area contributed by atoms with Crippen molar-refractivity contribution in [3.05, 3.63) is 0 Å². The van der Waals surface area contributed by atoms with E-state index in [1.807, 2.05) is 0 Å². The first kappa shape index (κ1) is 8.41. The third kappa shape index (κ3) is 1.33. The van der Waals surface area contributed by atoms with Crippen LogP contribution in [0.15, 0.2) is 0 Å². The minimum Gasteiger partial charge on any atom is -0.479 e. The molecule has 0 spiro atoms. The van der Waals surface area contributed by atoms with Crippen LogP contribution in [0.25, 0.3) is 0 Å². The second-order valence-electron chi connectivity index (χ2n) is 2.27. The molecule has 0 amide bonds. The van der Waals surface area contributed by atoms with Gasteiger partial charge in [0.25, 0.3) is 0 Å². The van der Waals surface area contributed by atoms with Crippen LogP contribution in [0.3, 0.4) is 0 Å². The standard InChI is InChI=1S/C5H8O6/c6-1-2(7)5(10)11-3(1)4(8)9/h1-3,5-7,10H,(H,8,9)/t1-,2-,3?,5?/m1/s1. The van der Waals surface area contributed by atoms with Gasteiger partial charge in [0, 0.05) is 0 Å². The van der Waals surface area contributed by atoms with E-state index in [4.69, 9.17) is 20.4 Å². The summed E-state index contributed by atoms with van der Waals surface area (Å²) in [4.78, 5) is 10.2. The van der Waals surface area contributed by atoms with Crippen LogP contribution in [0, 0.1) is 0 Å². The van der Waals surface area contributed by atoms with Gasteiger partial charge < -0.3 is 25.2 Å². The van der Waals surface area contributed by atoms with E-state index in [9.17, 15) is 4.79 Å². The summed E-state index contributed by atoms with van der Waals surface area (Å²) in [6.07, 6.45) is -6.27. The number of hydrogen-bond acceptors (Lipinski definition) is 5. The lowest BCUT2D eigenvalue weighted by Gasteiger charge is -2.08. The molecule has 0 aromatic rings. The summed E-state index contributed by atoms with van der Waals surface area (Å²) in [6.45, 7) is 0. The molecule has 0 aromatic heterocycles. The van der Waals surface area contributed by atoms with Gasteiger partial charge in [-0.1, -0.05) is 0 Å². The molecule has 1 saturated heterocycles. The topological polar surface area (TPSA) is 107 Å². The van der Waals surface area contributed by atoms with Gasteiger partial charge >= 0.3 is 5.97 Å². The predicted molar refractivity (Wildman–Crippen MR) is 30.5 cm³/mol. The normalized spacial score (nSPS) is 44.3. The van der Waals surface area contributed by atoms with E-state index in [-0.39, 0.29) is 0 Å². The van der Waals surface area contributed by atoms with Gasteiger partial charge in [0.05, 0.1) is 0 Å². The number of aliphatic carboxylic acids is 1. The van der Waals surface area contributed by atoms with Crippen molar-refractivity contribution >= 4 is 5.97 Å². The highest BCUT2D eigenvalue weighted by molar-refractivity contribution is 5.73. The Morgan fingerprint density at radius 3 is 1.91 bits per heavy atom. The molecule has 4 N–H and O–H groups in total. The summed E-state index contributed by atoms with van der Waals surface area (Å²) in [7, 11) is 0. The van der Waals surface area contributed by atoms with Gasteiger partial charge in [-0.25, -0.2) is 4.79 Å². The molecule has 0 bridgehead atoms. The summed E-state index contributed by atoms with van der Waals surface area (Å²) in [5.41, 5.74) is 0. The van der Waals surface area contributed by atoms with Gasteiger partial charge in [-0.2, -0.15) is 0 Å². The molecule has 1 heterocycles. The zero-order valence-electron chi connectivity index (χ0n) is 5.41. The Bertz CT molecular complexity index is 168. The highest BCUT2D eigenvalue weighted by atomic mass is 16.7. The Morgan fingerprint density at radius 2 is 1.73 bits per heavy atom. The fraction of sp³-hybridized carbons (Fsp3) is 0.800. The van der Waals surface area contributed by atoms with Crippen LogP contribution in [0.5, 0.6) is 0 Å². The average molecular weight is 164 g/mol. The number of rotatable bonds is 1. The van der Waals surface area contributed by atoms with E-state index in [0.29, 0.717) is 0 Å². The molecule has 2 unspecified atom stereocenters. The second-order valence-corrected chi connectivity index (χ2v) is 2.27. The minimum atomic E-state index is -1.62. The molecule has 1 rings (SSSR count). The zero-order chi connectivity index (χ0) is 8.59. The third-order valence-corrected chi connectivity index (χ3v) is 1.48. The van der Waals surface area contributed by atoms with Crippen molar-refractivity contribution in [2.24, 2.45) is 0 Å². The predicted octanol–water partition coefficient (Wildman–Crippen LogP) is -2.49. The van der Waals surface area contributed by atoms with Crippen LogP contribution >= 0.6 is 0 Å². The number of carboxylic acids is 1. The molecular formula is C5H8O6. The molecule has 6 heteroatoms. The van der Waals surface area contributed by atoms with Crippen LogP contribution in [-0.4, -0.2) is 51.0 Å². The Morgan fingerprint density at radius 1 is 1.18 bits per heavy atom. The van der Waals surface area contributed by atoms with Crippen molar-refractivity contribution in [3.8, 4) is 0 Å². The number of aliphatic hydroxyl groups is 3. The van der Waals surface area contributed by atoms with E-state index in [0.717, 1.165) is 0 Å². The number of aliphatic hydroxyl groups excluding tert-OH is 3.